The van der Waals surface area contributed by atoms with Crippen LogP contribution in [0, 0.1) is 6.92 Å². The number of nitrogen functional groups attached to an aromatic ring is 2. The summed E-state index contributed by atoms with van der Waals surface area (Å²) in [6.45, 7) is 1.86. The molecule has 1 aromatic heterocycles. The van der Waals surface area contributed by atoms with Crippen molar-refractivity contribution in [3.63, 3.8) is 0 Å². The maximum absolute atomic E-state index is 5.42. The summed E-state index contributed by atoms with van der Waals surface area (Å²) in [4.78, 5) is 0. The van der Waals surface area contributed by atoms with Crippen molar-refractivity contribution >= 4 is 22.4 Å². The molecule has 4 heteroatoms. The van der Waals surface area contributed by atoms with E-state index < -0.39 is 0 Å². The van der Waals surface area contributed by atoms with Crippen molar-refractivity contribution in [2.75, 3.05) is 11.5 Å². The van der Waals surface area contributed by atoms with Crippen LogP contribution < -0.4 is 11.5 Å². The fourth-order valence-electron chi connectivity index (χ4n) is 0.362. The summed E-state index contributed by atoms with van der Waals surface area (Å²) >= 11 is 1.23. The first-order valence-electron chi connectivity index (χ1n) is 2.19. The van der Waals surface area contributed by atoms with Gasteiger partial charge in [-0.3, -0.25) is 0 Å². The number of nitrogens with two attached hydrogens (primary N) is 2. The van der Waals surface area contributed by atoms with E-state index in [2.05, 4.69) is 4.37 Å². The molecule has 44 valence electrons. The minimum Gasteiger partial charge on any atom is -0.389 e. The molecule has 0 saturated carbocycles. The Labute approximate surface area is 51.5 Å². The highest BCUT2D eigenvalue weighted by atomic mass is 32.1. The Kier molecular flexibility index (Phi) is 1.09. The van der Waals surface area contributed by atoms with Gasteiger partial charge in [-0.15, -0.1) is 0 Å². The normalized spacial score (nSPS) is 9.62. The molecule has 0 aromatic carbocycles. The predicted octanol–water partition coefficient (Wildman–Crippen LogP) is 0.616. The molecule has 0 aliphatic rings. The average molecular weight is 129 g/mol. The highest BCUT2D eigenvalue weighted by Gasteiger charge is 1.99. The van der Waals surface area contributed by atoms with Gasteiger partial charge in [0.25, 0.3) is 0 Å². The second kappa shape index (κ2) is 1.63. The Balaban J connectivity index is 3.19. The van der Waals surface area contributed by atoms with E-state index in [-0.39, 0.29) is 0 Å². The van der Waals surface area contributed by atoms with Gasteiger partial charge in [0.15, 0.2) is 0 Å². The lowest BCUT2D eigenvalue weighted by molar-refractivity contribution is 1.45. The fraction of sp³-hybridized carbons (Fsp3) is 0.250. The van der Waals surface area contributed by atoms with Gasteiger partial charge < -0.3 is 11.5 Å². The summed E-state index contributed by atoms with van der Waals surface area (Å²) in [6.07, 6.45) is 0. The zero-order chi connectivity index (χ0) is 6.15. The Morgan fingerprint density at radius 3 is 2.25 bits per heavy atom. The highest BCUT2D eigenvalue weighted by molar-refractivity contribution is 7.10. The Morgan fingerprint density at radius 2 is 2.12 bits per heavy atom. The van der Waals surface area contributed by atoms with Crippen molar-refractivity contribution in [2.45, 2.75) is 6.92 Å². The van der Waals surface area contributed by atoms with E-state index >= 15 is 0 Å². The third kappa shape index (κ3) is 0.626. The third-order valence-electron chi connectivity index (χ3n) is 0.996. The minimum absolute atomic E-state index is 0.549. The lowest BCUT2D eigenvalue weighted by atomic mass is 10.4. The van der Waals surface area contributed by atoms with Crippen LogP contribution in [0.5, 0.6) is 0 Å². The van der Waals surface area contributed by atoms with Crippen molar-refractivity contribution in [2.24, 2.45) is 0 Å². The molecule has 0 bridgehead atoms. The summed E-state index contributed by atoms with van der Waals surface area (Å²) in [5.41, 5.74) is 11.7. The Hall–Kier alpha value is -0.770. The lowest BCUT2D eigenvalue weighted by Crippen LogP contribution is -1.87. The maximum atomic E-state index is 5.42. The van der Waals surface area contributed by atoms with Crippen LogP contribution in [0.15, 0.2) is 0 Å². The summed E-state index contributed by atoms with van der Waals surface area (Å²) < 4.78 is 3.81. The van der Waals surface area contributed by atoms with Gasteiger partial charge in [0.2, 0.25) is 0 Å². The topological polar surface area (TPSA) is 64.9 Å². The maximum Gasteiger partial charge on any atom is 0.142 e. The first kappa shape index (κ1) is 5.37. The van der Waals surface area contributed by atoms with Gasteiger partial charge in [-0.1, -0.05) is 0 Å². The van der Waals surface area contributed by atoms with Crippen molar-refractivity contribution in [3.05, 3.63) is 5.56 Å². The second-order valence-corrected chi connectivity index (χ2v) is 2.36. The first-order chi connectivity index (χ1) is 3.72. The van der Waals surface area contributed by atoms with E-state index in [0.29, 0.717) is 10.8 Å². The fourth-order valence-corrected chi connectivity index (χ4v) is 0.937. The van der Waals surface area contributed by atoms with Crippen LogP contribution in [0.4, 0.5) is 10.8 Å². The van der Waals surface area contributed by atoms with Crippen molar-refractivity contribution in [1.82, 2.24) is 4.37 Å². The average Bonchev–Trinajstić information content (AvgIpc) is 1.98. The molecule has 1 aromatic rings. The number of rotatable bonds is 0. The molecule has 0 atom stereocenters. The standard InChI is InChI=1S/C4H7N3S/c1-2-3(5)7-8-4(2)6/h6H2,1H3,(H2,5,7). The molecule has 0 unspecified atom stereocenters. The van der Waals surface area contributed by atoms with Crippen molar-refractivity contribution < 1.29 is 0 Å². The van der Waals surface area contributed by atoms with Gasteiger partial charge in [0.05, 0.1) is 0 Å². The van der Waals surface area contributed by atoms with Crippen LogP contribution in [0.1, 0.15) is 5.56 Å². The number of hydrogen-bond acceptors (Lipinski definition) is 4. The molecule has 8 heavy (non-hydrogen) atoms. The van der Waals surface area contributed by atoms with Gasteiger partial charge in [0, 0.05) is 5.56 Å². The molecule has 0 fully saturated rings. The van der Waals surface area contributed by atoms with Gasteiger partial charge in [-0.25, -0.2) is 0 Å². The number of anilines is 2. The molecule has 3 nitrogen and oxygen atoms in total. The lowest BCUT2D eigenvalue weighted by Gasteiger charge is -1.84. The van der Waals surface area contributed by atoms with Crippen molar-refractivity contribution in [3.8, 4) is 0 Å². The molecule has 0 aliphatic carbocycles. The summed E-state index contributed by atoms with van der Waals surface area (Å²) in [5, 5.41) is 0.711. The van der Waals surface area contributed by atoms with E-state index in [4.69, 9.17) is 11.5 Å². The molecule has 0 amide bonds. The Morgan fingerprint density at radius 1 is 1.50 bits per heavy atom. The smallest absolute Gasteiger partial charge is 0.142 e. The van der Waals surface area contributed by atoms with E-state index in [1.54, 1.807) is 0 Å². The molecule has 0 saturated heterocycles. The monoisotopic (exact) mass is 129 g/mol. The Bertz CT molecular complexity index is 174. The molecular formula is C4H7N3S. The molecule has 0 spiro atoms. The predicted molar refractivity (Wildman–Crippen MR) is 35.7 cm³/mol. The van der Waals surface area contributed by atoms with Crippen LogP contribution in [0.2, 0.25) is 0 Å². The van der Waals surface area contributed by atoms with Gasteiger partial charge in [-0.05, 0) is 18.5 Å². The summed E-state index contributed by atoms with van der Waals surface area (Å²) in [7, 11) is 0. The number of nitrogens with zero attached hydrogens (tertiary/aromatic N) is 1. The summed E-state index contributed by atoms with van der Waals surface area (Å²) in [6, 6.07) is 0. The highest BCUT2D eigenvalue weighted by Crippen LogP contribution is 2.20. The van der Waals surface area contributed by atoms with Gasteiger partial charge >= 0.3 is 0 Å². The number of aromatic nitrogens is 1. The van der Waals surface area contributed by atoms with Crippen LogP contribution in [0.25, 0.3) is 0 Å². The van der Waals surface area contributed by atoms with E-state index in [1.807, 2.05) is 6.92 Å². The SMILES string of the molecule is Cc1c(N)nsc1N. The molecule has 1 heterocycles. The van der Waals surface area contributed by atoms with Crippen LogP contribution >= 0.6 is 11.5 Å². The summed E-state index contributed by atoms with van der Waals surface area (Å²) in [5.74, 6) is 0.549. The largest absolute Gasteiger partial charge is 0.389 e. The zero-order valence-electron chi connectivity index (χ0n) is 4.51. The zero-order valence-corrected chi connectivity index (χ0v) is 5.33. The number of hydrogen-bond donors (Lipinski definition) is 2. The van der Waals surface area contributed by atoms with Crippen molar-refractivity contribution in [1.29, 1.82) is 0 Å². The molecule has 0 aliphatic heterocycles. The van der Waals surface area contributed by atoms with Gasteiger partial charge in [-0.2, -0.15) is 4.37 Å². The van der Waals surface area contributed by atoms with Crippen LogP contribution in [-0.4, -0.2) is 4.37 Å². The minimum atomic E-state index is 0.549. The molecule has 0 radical (unpaired) electrons. The van der Waals surface area contributed by atoms with Crippen LogP contribution in [0.3, 0.4) is 0 Å². The van der Waals surface area contributed by atoms with E-state index in [9.17, 15) is 0 Å². The van der Waals surface area contributed by atoms with Gasteiger partial charge in [0.1, 0.15) is 10.8 Å². The first-order valence-corrected chi connectivity index (χ1v) is 2.96. The van der Waals surface area contributed by atoms with Crippen LogP contribution in [-0.2, 0) is 0 Å². The third-order valence-corrected chi connectivity index (χ3v) is 1.79. The molecular weight excluding hydrogens is 122 g/mol. The van der Waals surface area contributed by atoms with E-state index in [1.165, 1.54) is 11.5 Å². The molecule has 1 rings (SSSR count). The second-order valence-electron chi connectivity index (χ2n) is 1.56. The quantitative estimate of drug-likeness (QED) is 0.539. The van der Waals surface area contributed by atoms with E-state index in [0.717, 1.165) is 5.56 Å². The molecule has 4 N–H and O–H groups in total.